The highest BCUT2D eigenvalue weighted by Crippen LogP contribution is 2.38. The van der Waals surface area contributed by atoms with Crippen molar-refractivity contribution in [3.8, 4) is 5.75 Å². The molecule has 3 saturated heterocycles. The maximum Gasteiger partial charge on any atom is 0.524 e. The average Bonchev–Trinajstić information content (AvgIpc) is 4.14. The largest absolute Gasteiger partial charge is 0.524 e. The molecular weight excluding hydrogens is 1080 g/mol. The molecule has 28 heteroatoms. The second-order valence-electron chi connectivity index (χ2n) is 22.2. The SMILES string of the molecule is CCCCCCC(C)CC(C)CCCCCCCCC(=O)N[C@@H]1C[C@@H](O)[C@@H](O)NC(=O)[C@@H]2[C@@H](O)[C@@H](C)CN2C(=O)[C@H](C(O)CC(N)=O)NC(=O)[C@H](C(O)c2ccc(OP(=O)(O)O)cc2)NC(=O)[C@@H]2C[C@@H](O)CN2C(=O)[C@H](CO)NC1=O. The van der Waals surface area contributed by atoms with Crippen LogP contribution in [0.3, 0.4) is 0 Å². The van der Waals surface area contributed by atoms with E-state index in [0.717, 1.165) is 61.3 Å². The summed E-state index contributed by atoms with van der Waals surface area (Å²) in [6.45, 7) is 6.03. The molecule has 0 radical (unpaired) electrons. The van der Waals surface area contributed by atoms with Gasteiger partial charge in [-0.05, 0) is 42.4 Å². The molecule has 3 aliphatic rings. The molecule has 27 nitrogen and oxygen atoms in total. The normalized spacial score (nSPS) is 28.0. The van der Waals surface area contributed by atoms with Crippen LogP contribution in [0.2, 0.25) is 0 Å². The minimum atomic E-state index is -5.08. The highest BCUT2D eigenvalue weighted by molar-refractivity contribution is 7.46. The molecule has 16 N–H and O–H groups in total. The minimum Gasteiger partial charge on any atom is -0.404 e. The van der Waals surface area contributed by atoms with Crippen LogP contribution in [-0.4, -0.2) is 189 Å². The van der Waals surface area contributed by atoms with Crippen molar-refractivity contribution in [3.05, 3.63) is 29.8 Å². The second-order valence-corrected chi connectivity index (χ2v) is 23.3. The van der Waals surface area contributed by atoms with Crippen LogP contribution in [0.5, 0.6) is 5.75 Å². The number of carbonyl (C=O) groups excluding carboxylic acids is 8. The Labute approximate surface area is 471 Å². The molecule has 3 aliphatic heterocycles. The van der Waals surface area contributed by atoms with Crippen LogP contribution < -0.4 is 36.8 Å². The first kappa shape index (κ1) is 68.2. The van der Waals surface area contributed by atoms with Gasteiger partial charge in [-0.15, -0.1) is 0 Å². The van der Waals surface area contributed by atoms with Crippen molar-refractivity contribution in [1.29, 1.82) is 0 Å². The quantitative estimate of drug-likeness (QED) is 0.0391. The number of hydrogen-bond acceptors (Lipinski definition) is 17. The Balaban J connectivity index is 1.63. The second kappa shape index (κ2) is 32.5. The van der Waals surface area contributed by atoms with Crippen LogP contribution >= 0.6 is 7.82 Å². The van der Waals surface area contributed by atoms with Gasteiger partial charge < -0.3 is 82.4 Å². The number of nitrogens with zero attached hydrogens (tertiary/aromatic N) is 2. The Morgan fingerprint density at radius 2 is 1.35 bits per heavy atom. The zero-order valence-corrected chi connectivity index (χ0v) is 47.5. The number of hydrogen-bond donors (Lipinski definition) is 15. The van der Waals surface area contributed by atoms with Crippen LogP contribution in [-0.2, 0) is 42.9 Å². The number of unbranched alkanes of at least 4 members (excludes halogenated alkanes) is 8. The van der Waals surface area contributed by atoms with E-state index < -0.39 is 179 Å². The van der Waals surface area contributed by atoms with Gasteiger partial charge in [0.15, 0.2) is 6.23 Å². The molecule has 0 saturated carbocycles. The third-order valence-electron chi connectivity index (χ3n) is 15.1. The van der Waals surface area contributed by atoms with Gasteiger partial charge in [0.25, 0.3) is 0 Å². The predicted octanol–water partition coefficient (Wildman–Crippen LogP) is -1.52. The number of carbonyl (C=O) groups is 8. The standard InChI is InChI=1S/C53H87N8O19P/c1-5-6-7-12-15-29(2)22-30(3)16-13-10-8-9-11-14-17-41(67)55-35-24-39(65)49(72)59-51(74)44-45(68)31(4)26-61(44)53(76)42(38(64)25-40(54)66)57-50(73)43(46(69)32-18-20-34(21-19-32)80-81(77,78)79)58-48(71)37-23-33(63)27-60(37)52(75)36(28-62)56-47(35)70/h18-21,29-31,33,35-39,42-46,49,62-65,68-69,72H,5-17,22-28H2,1-4H3,(H2,54,66)(H,55,67)(H,56,70)(H,57,73)(H,58,71)(H,59,74)(H2,77,78,79)/t29?,30?,31-,33+,35+,36-,37-,38?,39+,42-,43-,44-,45-,46?,49+/m0/s1. The minimum absolute atomic E-state index is 0.0860. The number of phosphoric acid groups is 1. The molecule has 81 heavy (non-hydrogen) atoms. The Morgan fingerprint density at radius 1 is 0.753 bits per heavy atom. The molecule has 0 spiro atoms. The number of nitrogens with two attached hydrogens (primary N) is 1. The molecule has 0 bridgehead atoms. The van der Waals surface area contributed by atoms with Crippen molar-refractivity contribution in [2.75, 3.05) is 19.7 Å². The highest BCUT2D eigenvalue weighted by Gasteiger charge is 2.50. The smallest absolute Gasteiger partial charge is 0.404 e. The maximum absolute atomic E-state index is 14.6. The molecule has 4 unspecified atom stereocenters. The van der Waals surface area contributed by atoms with Gasteiger partial charge in [0.05, 0.1) is 31.3 Å². The molecule has 458 valence electrons. The number of phosphoric ester groups is 1. The van der Waals surface area contributed by atoms with Gasteiger partial charge in [-0.1, -0.05) is 110 Å². The van der Waals surface area contributed by atoms with Gasteiger partial charge in [0, 0.05) is 38.3 Å². The third-order valence-corrected chi connectivity index (χ3v) is 15.6. The number of primary amides is 1. The Hall–Kier alpha value is -5.35. The first-order valence-electron chi connectivity index (χ1n) is 28.1. The maximum atomic E-state index is 14.6. The summed E-state index contributed by atoms with van der Waals surface area (Å²) in [5, 5.41) is 89.5. The molecule has 15 atom stereocenters. The van der Waals surface area contributed by atoms with Crippen molar-refractivity contribution in [1.82, 2.24) is 36.4 Å². The van der Waals surface area contributed by atoms with E-state index in [-0.39, 0.29) is 12.0 Å². The van der Waals surface area contributed by atoms with Crippen molar-refractivity contribution >= 4 is 55.1 Å². The summed E-state index contributed by atoms with van der Waals surface area (Å²) in [5.74, 6) is -9.65. The molecule has 0 aromatic heterocycles. The molecule has 3 fully saturated rings. The lowest BCUT2D eigenvalue weighted by atomic mass is 9.89. The lowest BCUT2D eigenvalue weighted by Crippen LogP contribution is -2.63. The van der Waals surface area contributed by atoms with Crippen LogP contribution in [0.25, 0.3) is 0 Å². The number of aliphatic hydroxyl groups excluding tert-OH is 7. The van der Waals surface area contributed by atoms with E-state index in [1.54, 1.807) is 0 Å². The predicted molar refractivity (Wildman–Crippen MR) is 289 cm³/mol. The van der Waals surface area contributed by atoms with Gasteiger partial charge in [0.1, 0.15) is 54.2 Å². The fourth-order valence-corrected chi connectivity index (χ4v) is 11.1. The molecule has 3 heterocycles. The fourth-order valence-electron chi connectivity index (χ4n) is 10.7. The third kappa shape index (κ3) is 21.1. The average molecular weight is 1170 g/mol. The fraction of sp³-hybridized carbons (Fsp3) is 0.736. The van der Waals surface area contributed by atoms with Crippen molar-refractivity contribution in [2.45, 2.75) is 210 Å². The molecule has 1 aromatic carbocycles. The summed E-state index contributed by atoms with van der Waals surface area (Å²) in [7, 11) is -5.08. The van der Waals surface area contributed by atoms with E-state index in [1.807, 2.05) is 0 Å². The number of aliphatic hydroxyl groups is 7. The summed E-state index contributed by atoms with van der Waals surface area (Å²) >= 11 is 0. The lowest BCUT2D eigenvalue weighted by Gasteiger charge is -2.34. The number of amides is 8. The highest BCUT2D eigenvalue weighted by atomic mass is 31.2. The summed E-state index contributed by atoms with van der Waals surface area (Å²) in [5.41, 5.74) is 5.10. The molecule has 1 aromatic rings. The van der Waals surface area contributed by atoms with Crippen LogP contribution in [0.1, 0.15) is 149 Å². The number of rotatable bonds is 25. The molecule has 4 rings (SSSR count). The van der Waals surface area contributed by atoms with Crippen LogP contribution in [0.15, 0.2) is 24.3 Å². The van der Waals surface area contributed by atoms with E-state index >= 15 is 0 Å². The lowest BCUT2D eigenvalue weighted by molar-refractivity contribution is -0.148. The van der Waals surface area contributed by atoms with Gasteiger partial charge in [-0.3, -0.25) is 48.1 Å². The van der Waals surface area contributed by atoms with E-state index in [9.17, 15) is 88.5 Å². The van der Waals surface area contributed by atoms with Gasteiger partial charge in [-0.2, -0.15) is 0 Å². The topological polar surface area (TPSA) is 438 Å². The van der Waals surface area contributed by atoms with Crippen molar-refractivity contribution < 1.29 is 93.0 Å². The molecular formula is C53H87N8O19P. The van der Waals surface area contributed by atoms with Crippen molar-refractivity contribution in [2.24, 2.45) is 23.5 Å². The van der Waals surface area contributed by atoms with Gasteiger partial charge in [0.2, 0.25) is 47.3 Å². The van der Waals surface area contributed by atoms with Crippen LogP contribution in [0, 0.1) is 17.8 Å². The Bertz CT molecular complexity index is 2310. The number of benzene rings is 1. The monoisotopic (exact) mass is 1170 g/mol. The Kier molecular flexibility index (Phi) is 27.3. The number of fused-ring (bicyclic) bond motifs is 2. The zero-order chi connectivity index (χ0) is 60.3. The summed E-state index contributed by atoms with van der Waals surface area (Å²) in [6, 6.07) is -7.89. The first-order valence-corrected chi connectivity index (χ1v) is 29.6. The first-order chi connectivity index (χ1) is 38.1. The Morgan fingerprint density at radius 3 is 1.94 bits per heavy atom. The zero-order valence-electron chi connectivity index (χ0n) is 46.6. The van der Waals surface area contributed by atoms with E-state index in [1.165, 1.54) is 45.4 Å². The summed E-state index contributed by atoms with van der Waals surface area (Å²) in [6.07, 6.45) is -0.851. The van der Waals surface area contributed by atoms with Crippen molar-refractivity contribution in [3.63, 3.8) is 0 Å². The van der Waals surface area contributed by atoms with E-state index in [2.05, 4.69) is 51.9 Å². The molecule has 8 amide bonds. The molecule has 0 aliphatic carbocycles. The summed E-state index contributed by atoms with van der Waals surface area (Å²) < 4.78 is 16.0. The summed E-state index contributed by atoms with van der Waals surface area (Å²) in [4.78, 5) is 131. The van der Waals surface area contributed by atoms with E-state index in [0.29, 0.717) is 29.6 Å². The number of nitrogens with one attached hydrogen (secondary N) is 5. The van der Waals surface area contributed by atoms with Gasteiger partial charge >= 0.3 is 7.82 Å². The van der Waals surface area contributed by atoms with Crippen LogP contribution in [0.4, 0.5) is 0 Å². The van der Waals surface area contributed by atoms with E-state index in [4.69, 9.17) is 5.73 Å². The van der Waals surface area contributed by atoms with Gasteiger partial charge in [-0.25, -0.2) is 4.57 Å².